The number of fused-ring (bicyclic) bond motifs is 1. The molecule has 0 aliphatic rings. The van der Waals surface area contributed by atoms with Crippen LogP contribution in [0.25, 0.3) is 10.8 Å². The van der Waals surface area contributed by atoms with Crippen LogP contribution in [0.5, 0.6) is 0 Å². The molecule has 3 nitrogen and oxygen atoms in total. The number of nitrogen functional groups attached to an aromatic ring is 1. The number of hydrogen-bond acceptors (Lipinski definition) is 3. The first-order chi connectivity index (χ1) is 9.72. The number of nitrogens with two attached hydrogens (primary N) is 1. The molecule has 20 heavy (non-hydrogen) atoms. The Hall–Kier alpha value is -2.26. The summed E-state index contributed by atoms with van der Waals surface area (Å²) in [4.78, 5) is 0. The lowest BCUT2D eigenvalue weighted by atomic mass is 10.1. The number of nitrogens with one attached hydrogen (secondary N) is 1. The Balaban J connectivity index is 1.72. The molecule has 1 aromatic heterocycles. The summed E-state index contributed by atoms with van der Waals surface area (Å²) in [6.45, 7) is 3.39. The van der Waals surface area contributed by atoms with Gasteiger partial charge in [0.05, 0.1) is 6.54 Å². The quantitative estimate of drug-likeness (QED) is 0.709. The lowest BCUT2D eigenvalue weighted by Gasteiger charge is -2.09. The van der Waals surface area contributed by atoms with Crippen LogP contribution in [-0.4, -0.2) is 0 Å². The highest BCUT2D eigenvalue weighted by atomic mass is 16.3. The highest BCUT2D eigenvalue weighted by Crippen LogP contribution is 2.21. The number of anilines is 1. The number of benzene rings is 2. The maximum atomic E-state index is 6.11. The standard InChI is InChI=1S/C17H18N2O/c1-12-6-7-16(20-12)11-19-10-15-8-13-4-2-3-5-14(13)9-17(15)18/h2-9,19H,10-11,18H2,1H3. The van der Waals surface area contributed by atoms with Crippen molar-refractivity contribution in [1.82, 2.24) is 5.32 Å². The van der Waals surface area contributed by atoms with Gasteiger partial charge in [0.2, 0.25) is 0 Å². The van der Waals surface area contributed by atoms with Crippen molar-refractivity contribution >= 4 is 16.5 Å². The number of rotatable bonds is 4. The Kier molecular flexibility index (Phi) is 3.44. The highest BCUT2D eigenvalue weighted by Gasteiger charge is 2.03. The van der Waals surface area contributed by atoms with Crippen LogP contribution in [0.2, 0.25) is 0 Å². The van der Waals surface area contributed by atoms with Crippen LogP contribution in [0.3, 0.4) is 0 Å². The molecule has 0 aliphatic carbocycles. The molecule has 0 aliphatic heterocycles. The first kappa shape index (κ1) is 12.8. The zero-order valence-electron chi connectivity index (χ0n) is 11.5. The van der Waals surface area contributed by atoms with Gasteiger partial charge < -0.3 is 15.5 Å². The van der Waals surface area contributed by atoms with Gasteiger partial charge in [0.25, 0.3) is 0 Å². The van der Waals surface area contributed by atoms with E-state index >= 15 is 0 Å². The Morgan fingerprint density at radius 2 is 1.75 bits per heavy atom. The van der Waals surface area contributed by atoms with Crippen molar-refractivity contribution in [3.63, 3.8) is 0 Å². The van der Waals surface area contributed by atoms with Crippen molar-refractivity contribution in [3.05, 3.63) is 65.6 Å². The monoisotopic (exact) mass is 266 g/mol. The molecule has 0 amide bonds. The lowest BCUT2D eigenvalue weighted by molar-refractivity contribution is 0.462. The minimum atomic E-state index is 0.708. The summed E-state index contributed by atoms with van der Waals surface area (Å²) in [5.41, 5.74) is 8.05. The van der Waals surface area contributed by atoms with E-state index in [1.807, 2.05) is 37.3 Å². The molecule has 3 rings (SSSR count). The summed E-state index contributed by atoms with van der Waals surface area (Å²) >= 11 is 0. The third-order valence-electron chi connectivity index (χ3n) is 3.42. The van der Waals surface area contributed by atoms with Crippen LogP contribution < -0.4 is 11.1 Å². The van der Waals surface area contributed by atoms with Gasteiger partial charge in [-0.1, -0.05) is 24.3 Å². The molecule has 3 N–H and O–H groups in total. The van der Waals surface area contributed by atoms with Crippen LogP contribution in [-0.2, 0) is 13.1 Å². The summed E-state index contributed by atoms with van der Waals surface area (Å²) in [6.07, 6.45) is 0. The maximum absolute atomic E-state index is 6.11. The summed E-state index contributed by atoms with van der Waals surface area (Å²) < 4.78 is 5.53. The summed E-state index contributed by atoms with van der Waals surface area (Å²) in [6, 6.07) is 16.4. The maximum Gasteiger partial charge on any atom is 0.117 e. The molecule has 3 aromatic rings. The van der Waals surface area contributed by atoms with E-state index in [1.54, 1.807) is 0 Å². The number of furan rings is 1. The summed E-state index contributed by atoms with van der Waals surface area (Å²) in [5.74, 6) is 1.88. The van der Waals surface area contributed by atoms with E-state index in [-0.39, 0.29) is 0 Å². The first-order valence-corrected chi connectivity index (χ1v) is 6.75. The van der Waals surface area contributed by atoms with Gasteiger partial charge in [-0.3, -0.25) is 0 Å². The average Bonchev–Trinajstić information content (AvgIpc) is 2.85. The molecule has 0 unspecified atom stereocenters. The van der Waals surface area contributed by atoms with Crippen molar-refractivity contribution < 1.29 is 4.42 Å². The summed E-state index contributed by atoms with van der Waals surface area (Å²) in [7, 11) is 0. The minimum absolute atomic E-state index is 0.708. The van der Waals surface area contributed by atoms with E-state index in [0.29, 0.717) is 6.54 Å². The molecule has 0 bridgehead atoms. The Labute approximate surface area is 118 Å². The topological polar surface area (TPSA) is 51.2 Å². The van der Waals surface area contributed by atoms with Crippen molar-refractivity contribution in [2.45, 2.75) is 20.0 Å². The first-order valence-electron chi connectivity index (χ1n) is 6.75. The molecule has 0 saturated carbocycles. The third-order valence-corrected chi connectivity index (χ3v) is 3.42. The largest absolute Gasteiger partial charge is 0.465 e. The fourth-order valence-corrected chi connectivity index (χ4v) is 2.36. The fraction of sp³-hybridized carbons (Fsp3) is 0.176. The van der Waals surface area contributed by atoms with Crippen LogP contribution >= 0.6 is 0 Å². The summed E-state index contributed by atoms with van der Waals surface area (Å²) in [5, 5.41) is 5.75. The van der Waals surface area contributed by atoms with Gasteiger partial charge in [-0.05, 0) is 47.5 Å². The zero-order chi connectivity index (χ0) is 13.9. The molecule has 102 valence electrons. The van der Waals surface area contributed by atoms with Gasteiger partial charge in [0.15, 0.2) is 0 Å². The second-order valence-corrected chi connectivity index (χ2v) is 5.01. The second-order valence-electron chi connectivity index (χ2n) is 5.01. The highest BCUT2D eigenvalue weighted by molar-refractivity contribution is 5.86. The van der Waals surface area contributed by atoms with Gasteiger partial charge in [-0.2, -0.15) is 0 Å². The SMILES string of the molecule is Cc1ccc(CNCc2cc3ccccc3cc2N)o1. The fourth-order valence-electron chi connectivity index (χ4n) is 2.36. The van der Waals surface area contributed by atoms with Gasteiger partial charge in [0.1, 0.15) is 11.5 Å². The molecule has 0 atom stereocenters. The van der Waals surface area contributed by atoms with Crippen LogP contribution in [0.4, 0.5) is 5.69 Å². The number of hydrogen-bond donors (Lipinski definition) is 2. The van der Waals surface area contributed by atoms with Crippen molar-refractivity contribution in [3.8, 4) is 0 Å². The van der Waals surface area contributed by atoms with Gasteiger partial charge >= 0.3 is 0 Å². The van der Waals surface area contributed by atoms with Gasteiger partial charge in [0, 0.05) is 12.2 Å². The molecule has 0 saturated heterocycles. The Morgan fingerprint density at radius 3 is 2.45 bits per heavy atom. The van der Waals surface area contributed by atoms with E-state index in [0.717, 1.165) is 29.3 Å². The molecular weight excluding hydrogens is 248 g/mol. The van der Waals surface area contributed by atoms with E-state index in [9.17, 15) is 0 Å². The van der Waals surface area contributed by atoms with E-state index in [4.69, 9.17) is 10.2 Å². The predicted octanol–water partition coefficient (Wildman–Crippen LogP) is 3.61. The van der Waals surface area contributed by atoms with Gasteiger partial charge in [-0.25, -0.2) is 0 Å². The Morgan fingerprint density at radius 1 is 1.00 bits per heavy atom. The average molecular weight is 266 g/mol. The Bertz CT molecular complexity index is 731. The second kappa shape index (κ2) is 5.39. The molecule has 0 spiro atoms. The molecule has 2 aromatic carbocycles. The van der Waals surface area contributed by atoms with Crippen molar-refractivity contribution in [2.24, 2.45) is 0 Å². The van der Waals surface area contributed by atoms with Crippen molar-refractivity contribution in [1.29, 1.82) is 0 Å². The van der Waals surface area contributed by atoms with Crippen molar-refractivity contribution in [2.75, 3.05) is 5.73 Å². The van der Waals surface area contributed by atoms with Crippen LogP contribution in [0.1, 0.15) is 17.1 Å². The smallest absolute Gasteiger partial charge is 0.117 e. The van der Waals surface area contributed by atoms with Gasteiger partial charge in [-0.15, -0.1) is 0 Å². The van der Waals surface area contributed by atoms with Crippen LogP contribution in [0, 0.1) is 6.92 Å². The zero-order valence-corrected chi connectivity index (χ0v) is 11.5. The van der Waals surface area contributed by atoms with E-state index in [2.05, 4.69) is 23.5 Å². The van der Waals surface area contributed by atoms with E-state index < -0.39 is 0 Å². The third kappa shape index (κ3) is 2.68. The normalized spacial score (nSPS) is 11.1. The molecule has 3 heteroatoms. The number of aryl methyl sites for hydroxylation is 1. The minimum Gasteiger partial charge on any atom is -0.465 e. The lowest BCUT2D eigenvalue weighted by Crippen LogP contribution is -2.13. The molecular formula is C17H18N2O. The van der Waals surface area contributed by atoms with E-state index in [1.165, 1.54) is 10.8 Å². The molecule has 1 heterocycles. The molecule has 0 fully saturated rings. The predicted molar refractivity (Wildman–Crippen MR) is 82.3 cm³/mol. The van der Waals surface area contributed by atoms with Crippen LogP contribution in [0.15, 0.2) is 52.9 Å². The molecule has 0 radical (unpaired) electrons.